The van der Waals surface area contributed by atoms with Gasteiger partial charge in [-0.3, -0.25) is 13.7 Å². The molecule has 248 valence electrons. The van der Waals surface area contributed by atoms with E-state index in [-0.39, 0.29) is 0 Å². The van der Waals surface area contributed by atoms with Crippen LogP contribution >= 0.6 is 0 Å². The molecule has 0 bridgehead atoms. The molecular weight excluding hydrogens is 637 g/mol. The van der Waals surface area contributed by atoms with E-state index in [4.69, 9.17) is 15.0 Å². The number of hydrogen-bond acceptors (Lipinski definition) is 3. The monoisotopic (exact) mass is 670 g/mol. The van der Waals surface area contributed by atoms with E-state index in [1.165, 1.54) is 0 Å². The summed E-state index contributed by atoms with van der Waals surface area (Å²) in [5.74, 6) is 2.48. The lowest BCUT2D eigenvalue weighted by molar-refractivity contribution is 1.09. The number of nitrogens with zero attached hydrogens (tertiary/aromatic N) is 6. The molecule has 0 aliphatic heterocycles. The SMILES string of the molecule is C=C/C=C\C(=C/C)n1c(-c2cc(-c3nc4ccccc4n3-c3ccccc3)cc(-c3nc4ccccc4n3-c3ccccc3)c2)nc2ccccc21. The molecule has 0 saturated carbocycles. The summed E-state index contributed by atoms with van der Waals surface area (Å²) < 4.78 is 6.70. The first-order valence-electron chi connectivity index (χ1n) is 17.4. The van der Waals surface area contributed by atoms with Crippen LogP contribution in [-0.4, -0.2) is 28.7 Å². The minimum atomic E-state index is 0.816. The third-order valence-corrected chi connectivity index (χ3v) is 9.38. The van der Waals surface area contributed by atoms with E-state index in [9.17, 15) is 0 Å². The van der Waals surface area contributed by atoms with Crippen LogP contribution in [0.3, 0.4) is 0 Å². The first-order valence-corrected chi connectivity index (χ1v) is 17.4. The molecule has 6 nitrogen and oxygen atoms in total. The fraction of sp³-hybridized carbons (Fsp3) is 0.0217. The van der Waals surface area contributed by atoms with Crippen molar-refractivity contribution < 1.29 is 0 Å². The lowest BCUT2D eigenvalue weighted by Gasteiger charge is -2.15. The molecule has 9 aromatic rings. The van der Waals surface area contributed by atoms with Crippen molar-refractivity contribution in [3.05, 3.63) is 183 Å². The number of aromatic nitrogens is 6. The Bertz CT molecular complexity index is 2680. The molecule has 3 aromatic heterocycles. The average molecular weight is 671 g/mol. The Morgan fingerprint density at radius 2 is 0.904 bits per heavy atom. The second-order valence-corrected chi connectivity index (χ2v) is 12.6. The van der Waals surface area contributed by atoms with Gasteiger partial charge in [0.2, 0.25) is 0 Å². The zero-order valence-electron chi connectivity index (χ0n) is 28.6. The van der Waals surface area contributed by atoms with Crippen LogP contribution in [0.4, 0.5) is 0 Å². The summed E-state index contributed by atoms with van der Waals surface area (Å²) in [6.07, 6.45) is 7.93. The van der Waals surface area contributed by atoms with Crippen molar-refractivity contribution in [1.29, 1.82) is 0 Å². The van der Waals surface area contributed by atoms with Gasteiger partial charge in [-0.1, -0.05) is 97.6 Å². The summed E-state index contributed by atoms with van der Waals surface area (Å²) >= 11 is 0. The number of fused-ring (bicyclic) bond motifs is 3. The predicted molar refractivity (Wildman–Crippen MR) is 215 cm³/mol. The van der Waals surface area contributed by atoms with Gasteiger partial charge < -0.3 is 0 Å². The van der Waals surface area contributed by atoms with E-state index in [2.05, 4.69) is 154 Å². The van der Waals surface area contributed by atoms with Crippen molar-refractivity contribution in [2.45, 2.75) is 6.92 Å². The van der Waals surface area contributed by atoms with Crippen molar-refractivity contribution in [1.82, 2.24) is 28.7 Å². The Balaban J connectivity index is 1.39. The summed E-state index contributed by atoms with van der Waals surface area (Å²) in [5, 5.41) is 0. The molecule has 0 spiro atoms. The molecule has 0 radical (unpaired) electrons. The first-order chi connectivity index (χ1) is 25.7. The van der Waals surface area contributed by atoms with Crippen molar-refractivity contribution >= 4 is 38.8 Å². The molecule has 0 atom stereocenters. The second-order valence-electron chi connectivity index (χ2n) is 12.6. The van der Waals surface area contributed by atoms with Gasteiger partial charge in [0.1, 0.15) is 17.5 Å². The number of imidazole rings is 3. The smallest absolute Gasteiger partial charge is 0.145 e. The Kier molecular flexibility index (Phi) is 7.75. The zero-order valence-corrected chi connectivity index (χ0v) is 28.6. The highest BCUT2D eigenvalue weighted by atomic mass is 15.1. The van der Waals surface area contributed by atoms with Crippen molar-refractivity contribution in [3.8, 4) is 45.5 Å². The number of allylic oxidation sites excluding steroid dienone is 5. The van der Waals surface area contributed by atoms with E-state index in [1.807, 2.05) is 43.3 Å². The Morgan fingerprint density at radius 1 is 0.500 bits per heavy atom. The number of benzene rings is 6. The van der Waals surface area contributed by atoms with Gasteiger partial charge in [-0.2, -0.15) is 0 Å². The summed E-state index contributed by atoms with van der Waals surface area (Å²) in [7, 11) is 0. The van der Waals surface area contributed by atoms with Gasteiger partial charge in [0.25, 0.3) is 0 Å². The van der Waals surface area contributed by atoms with Crippen LogP contribution in [0.5, 0.6) is 0 Å². The van der Waals surface area contributed by atoms with Crippen LogP contribution in [0, 0.1) is 0 Å². The highest BCUT2D eigenvalue weighted by molar-refractivity contribution is 5.91. The first kappa shape index (κ1) is 31.0. The maximum absolute atomic E-state index is 5.28. The number of hydrogen-bond donors (Lipinski definition) is 0. The minimum Gasteiger partial charge on any atom is -0.293 e. The predicted octanol–water partition coefficient (Wildman–Crippen LogP) is 11.3. The minimum absolute atomic E-state index is 0.816. The van der Waals surface area contributed by atoms with Gasteiger partial charge in [-0.05, 0) is 91.9 Å². The number of rotatable bonds is 8. The van der Waals surface area contributed by atoms with Crippen LogP contribution in [0.15, 0.2) is 183 Å². The quantitative estimate of drug-likeness (QED) is 0.151. The molecule has 0 fully saturated rings. The molecule has 0 aliphatic rings. The molecule has 6 heteroatoms. The van der Waals surface area contributed by atoms with Gasteiger partial charge >= 0.3 is 0 Å². The third kappa shape index (κ3) is 5.25. The summed E-state index contributed by atoms with van der Waals surface area (Å²) in [4.78, 5) is 15.9. The lowest BCUT2D eigenvalue weighted by atomic mass is 10.0. The van der Waals surface area contributed by atoms with Crippen LogP contribution in [0.25, 0.3) is 84.3 Å². The maximum atomic E-state index is 5.28. The maximum Gasteiger partial charge on any atom is 0.145 e. The summed E-state index contributed by atoms with van der Waals surface area (Å²) in [6, 6.07) is 52.4. The van der Waals surface area contributed by atoms with E-state index in [1.54, 1.807) is 6.08 Å². The van der Waals surface area contributed by atoms with Gasteiger partial charge in [0.15, 0.2) is 0 Å². The Labute approximate surface area is 301 Å². The van der Waals surface area contributed by atoms with Crippen molar-refractivity contribution in [2.75, 3.05) is 0 Å². The fourth-order valence-corrected chi connectivity index (χ4v) is 7.08. The zero-order chi connectivity index (χ0) is 35.0. The van der Waals surface area contributed by atoms with Crippen molar-refractivity contribution in [3.63, 3.8) is 0 Å². The molecule has 0 saturated heterocycles. The normalized spacial score (nSPS) is 12.1. The largest absolute Gasteiger partial charge is 0.293 e. The molecule has 9 rings (SSSR count). The second kappa shape index (κ2) is 13.0. The molecular formula is C46H34N6. The molecule has 6 aromatic carbocycles. The molecule has 52 heavy (non-hydrogen) atoms. The van der Waals surface area contributed by atoms with Crippen LogP contribution in [0.2, 0.25) is 0 Å². The third-order valence-electron chi connectivity index (χ3n) is 9.38. The summed E-state index contributed by atoms with van der Waals surface area (Å²) in [5.41, 5.74) is 11.7. The van der Waals surface area contributed by atoms with Crippen LogP contribution < -0.4 is 0 Å². The molecule has 0 N–H and O–H groups in total. The standard InChI is InChI=1S/C46H34N6/c1-3-5-18-35(4-2)50-41-26-15-12-23-38(41)47-44(50)32-29-33(45-48-39-24-13-16-27-42(39)51(45)36-19-8-6-9-20-36)31-34(30-32)46-49-40-25-14-17-28-43(40)52(46)37-21-10-7-11-22-37/h3-31H,1H2,2H3/b18-5-,35-4+. The topological polar surface area (TPSA) is 53.5 Å². The lowest BCUT2D eigenvalue weighted by Crippen LogP contribution is -2.02. The number of para-hydroxylation sites is 8. The molecule has 0 amide bonds. The van der Waals surface area contributed by atoms with Crippen LogP contribution in [0.1, 0.15) is 6.92 Å². The van der Waals surface area contributed by atoms with E-state index in [0.717, 1.165) is 84.3 Å². The Morgan fingerprint density at radius 3 is 1.38 bits per heavy atom. The molecule has 0 unspecified atom stereocenters. The van der Waals surface area contributed by atoms with E-state index < -0.39 is 0 Å². The molecule has 3 heterocycles. The highest BCUT2D eigenvalue weighted by Gasteiger charge is 2.22. The van der Waals surface area contributed by atoms with Crippen LogP contribution in [-0.2, 0) is 0 Å². The van der Waals surface area contributed by atoms with Gasteiger partial charge in [-0.25, -0.2) is 15.0 Å². The summed E-state index contributed by atoms with van der Waals surface area (Å²) in [6.45, 7) is 5.98. The van der Waals surface area contributed by atoms with Gasteiger partial charge in [0, 0.05) is 33.8 Å². The van der Waals surface area contributed by atoms with Gasteiger partial charge in [-0.15, -0.1) is 0 Å². The van der Waals surface area contributed by atoms with Gasteiger partial charge in [0.05, 0.1) is 33.1 Å². The highest BCUT2D eigenvalue weighted by Crippen LogP contribution is 2.38. The average Bonchev–Trinajstić information content (AvgIpc) is 3.91. The van der Waals surface area contributed by atoms with Crippen molar-refractivity contribution in [2.24, 2.45) is 0 Å². The van der Waals surface area contributed by atoms with E-state index >= 15 is 0 Å². The fourth-order valence-electron chi connectivity index (χ4n) is 7.08. The Hall–Kier alpha value is -7.05. The molecule has 0 aliphatic carbocycles. The van der Waals surface area contributed by atoms with E-state index in [0.29, 0.717) is 0 Å².